The van der Waals surface area contributed by atoms with Gasteiger partial charge in [0.25, 0.3) is 0 Å². The van der Waals surface area contributed by atoms with Crippen LogP contribution in [0.3, 0.4) is 0 Å². The summed E-state index contributed by atoms with van der Waals surface area (Å²) in [6.07, 6.45) is 0. The van der Waals surface area contributed by atoms with Crippen molar-refractivity contribution in [3.05, 3.63) is 29.8 Å². The third kappa shape index (κ3) is 3.36. The summed E-state index contributed by atoms with van der Waals surface area (Å²) in [5.41, 5.74) is 1.25. The molecule has 0 bridgehead atoms. The first kappa shape index (κ1) is 11.7. The van der Waals surface area contributed by atoms with Crippen molar-refractivity contribution in [2.75, 3.05) is 5.32 Å². The molecule has 1 atom stereocenters. The summed E-state index contributed by atoms with van der Waals surface area (Å²) >= 11 is 5.59. The van der Waals surface area contributed by atoms with Gasteiger partial charge in [0.05, 0.1) is 0 Å². The maximum atomic E-state index is 11.2. The molecule has 0 aromatic heterocycles. The Morgan fingerprint density at radius 1 is 1.27 bits per heavy atom. The second-order valence-corrected chi connectivity index (χ2v) is 3.89. The largest absolute Gasteiger partial charge is 0.325 e. The zero-order valence-corrected chi connectivity index (χ0v) is 9.34. The van der Waals surface area contributed by atoms with Crippen molar-refractivity contribution in [1.82, 2.24) is 0 Å². The molecule has 0 fully saturated rings. The molecule has 0 unspecified atom stereocenters. The average Bonchev–Trinajstić information content (AvgIpc) is 2.18. The van der Waals surface area contributed by atoms with E-state index >= 15 is 0 Å². The smallest absolute Gasteiger partial charge is 0.242 e. The Kier molecular flexibility index (Phi) is 3.86. The first-order chi connectivity index (χ1) is 7.00. The van der Waals surface area contributed by atoms with Crippen LogP contribution in [0, 0.1) is 0 Å². The van der Waals surface area contributed by atoms with Gasteiger partial charge >= 0.3 is 0 Å². The van der Waals surface area contributed by atoms with Crippen LogP contribution in [-0.4, -0.2) is 17.1 Å². The Morgan fingerprint density at radius 3 is 2.20 bits per heavy atom. The van der Waals surface area contributed by atoms with Crippen molar-refractivity contribution in [3.8, 4) is 0 Å². The Bertz CT molecular complexity index is 371. The SMILES string of the molecule is CC(=O)c1ccc(NC(=O)[C@H](C)Cl)cc1. The molecule has 0 heterocycles. The number of anilines is 1. The lowest BCUT2D eigenvalue weighted by molar-refractivity contribution is -0.115. The van der Waals surface area contributed by atoms with Gasteiger partial charge < -0.3 is 5.32 Å². The predicted octanol–water partition coefficient (Wildman–Crippen LogP) is 2.46. The summed E-state index contributed by atoms with van der Waals surface area (Å²) in [5.74, 6) is -0.258. The Morgan fingerprint density at radius 2 is 1.80 bits per heavy atom. The topological polar surface area (TPSA) is 46.2 Å². The Hall–Kier alpha value is -1.35. The molecule has 3 nitrogen and oxygen atoms in total. The molecule has 0 saturated carbocycles. The zero-order valence-electron chi connectivity index (χ0n) is 8.58. The maximum absolute atomic E-state index is 11.2. The molecular weight excluding hydrogens is 214 g/mol. The zero-order chi connectivity index (χ0) is 11.4. The van der Waals surface area contributed by atoms with Crippen LogP contribution in [0.4, 0.5) is 5.69 Å². The van der Waals surface area contributed by atoms with E-state index in [2.05, 4.69) is 5.32 Å². The second kappa shape index (κ2) is 4.94. The van der Waals surface area contributed by atoms with Crippen LogP contribution in [0.2, 0.25) is 0 Å². The maximum Gasteiger partial charge on any atom is 0.242 e. The Labute approximate surface area is 93.4 Å². The van der Waals surface area contributed by atoms with Gasteiger partial charge in [0.2, 0.25) is 5.91 Å². The number of carbonyl (C=O) groups is 2. The molecular formula is C11H12ClNO2. The average molecular weight is 226 g/mol. The van der Waals surface area contributed by atoms with Gasteiger partial charge in [-0.15, -0.1) is 11.6 Å². The quantitative estimate of drug-likeness (QED) is 0.635. The number of alkyl halides is 1. The summed E-state index contributed by atoms with van der Waals surface area (Å²) in [5, 5.41) is 2.05. The van der Waals surface area contributed by atoms with Gasteiger partial charge in [-0.05, 0) is 38.1 Å². The predicted molar refractivity (Wildman–Crippen MR) is 60.4 cm³/mol. The third-order valence-electron chi connectivity index (χ3n) is 1.92. The van der Waals surface area contributed by atoms with Crippen LogP contribution in [0.1, 0.15) is 24.2 Å². The highest BCUT2D eigenvalue weighted by Crippen LogP contribution is 2.11. The molecule has 0 saturated heterocycles. The number of benzene rings is 1. The van der Waals surface area contributed by atoms with Crippen molar-refractivity contribution in [3.63, 3.8) is 0 Å². The number of rotatable bonds is 3. The number of Topliss-reactive ketones (excluding diaryl/α,β-unsaturated/α-hetero) is 1. The van der Waals surface area contributed by atoms with Crippen LogP contribution in [0.15, 0.2) is 24.3 Å². The normalized spacial score (nSPS) is 11.9. The summed E-state index contributed by atoms with van der Waals surface area (Å²) in [7, 11) is 0. The van der Waals surface area contributed by atoms with Crippen molar-refractivity contribution < 1.29 is 9.59 Å². The highest BCUT2D eigenvalue weighted by molar-refractivity contribution is 6.32. The van der Waals surface area contributed by atoms with E-state index in [0.29, 0.717) is 11.3 Å². The van der Waals surface area contributed by atoms with Crippen LogP contribution >= 0.6 is 11.6 Å². The standard InChI is InChI=1S/C11H12ClNO2/c1-7(12)11(15)13-10-5-3-9(4-6-10)8(2)14/h3-7H,1-2H3,(H,13,15)/t7-/m0/s1. The molecule has 0 aliphatic carbocycles. The van der Waals surface area contributed by atoms with Crippen molar-refractivity contribution in [2.24, 2.45) is 0 Å². The Balaban J connectivity index is 2.73. The number of nitrogens with one attached hydrogen (secondary N) is 1. The van der Waals surface area contributed by atoms with Crippen LogP contribution in [0.25, 0.3) is 0 Å². The molecule has 1 aromatic carbocycles. The number of ketones is 1. The van der Waals surface area contributed by atoms with E-state index in [0.717, 1.165) is 0 Å². The van der Waals surface area contributed by atoms with E-state index in [1.165, 1.54) is 6.92 Å². The van der Waals surface area contributed by atoms with E-state index in [-0.39, 0.29) is 11.7 Å². The summed E-state index contributed by atoms with van der Waals surface area (Å²) in [4.78, 5) is 22.2. The molecule has 80 valence electrons. The fourth-order valence-corrected chi connectivity index (χ4v) is 1.08. The fraction of sp³-hybridized carbons (Fsp3) is 0.273. The minimum absolute atomic E-state index is 0.00131. The minimum atomic E-state index is -0.572. The first-order valence-corrected chi connectivity index (χ1v) is 5.00. The number of amides is 1. The number of hydrogen-bond acceptors (Lipinski definition) is 2. The van der Waals surface area contributed by atoms with Gasteiger partial charge in [0.1, 0.15) is 5.38 Å². The lowest BCUT2D eigenvalue weighted by Crippen LogP contribution is -2.20. The minimum Gasteiger partial charge on any atom is -0.325 e. The molecule has 0 spiro atoms. The molecule has 1 amide bonds. The van der Waals surface area contributed by atoms with Gasteiger partial charge in [-0.25, -0.2) is 0 Å². The lowest BCUT2D eigenvalue weighted by Gasteiger charge is -2.06. The lowest BCUT2D eigenvalue weighted by atomic mass is 10.1. The van der Waals surface area contributed by atoms with E-state index in [1.807, 2.05) is 0 Å². The summed E-state index contributed by atoms with van der Waals surface area (Å²) in [6.45, 7) is 3.09. The molecule has 1 N–H and O–H groups in total. The van der Waals surface area contributed by atoms with E-state index in [4.69, 9.17) is 11.6 Å². The summed E-state index contributed by atoms with van der Waals surface area (Å²) < 4.78 is 0. The second-order valence-electron chi connectivity index (χ2n) is 3.24. The van der Waals surface area contributed by atoms with E-state index in [9.17, 15) is 9.59 Å². The number of hydrogen-bond donors (Lipinski definition) is 1. The monoisotopic (exact) mass is 225 g/mol. The number of halogens is 1. The van der Waals surface area contributed by atoms with Gasteiger partial charge in [0.15, 0.2) is 5.78 Å². The summed E-state index contributed by atoms with van der Waals surface area (Å²) in [6, 6.07) is 6.68. The molecule has 0 aliphatic rings. The molecule has 1 rings (SSSR count). The van der Waals surface area contributed by atoms with Gasteiger partial charge in [-0.2, -0.15) is 0 Å². The van der Waals surface area contributed by atoms with E-state index < -0.39 is 5.38 Å². The van der Waals surface area contributed by atoms with Crippen LogP contribution < -0.4 is 5.32 Å². The van der Waals surface area contributed by atoms with Crippen molar-refractivity contribution >= 4 is 29.0 Å². The molecule has 4 heteroatoms. The molecule has 0 radical (unpaired) electrons. The first-order valence-electron chi connectivity index (χ1n) is 4.56. The molecule has 15 heavy (non-hydrogen) atoms. The fourth-order valence-electron chi connectivity index (χ4n) is 1.03. The highest BCUT2D eigenvalue weighted by atomic mass is 35.5. The van der Waals surface area contributed by atoms with Gasteiger partial charge in [-0.1, -0.05) is 0 Å². The van der Waals surface area contributed by atoms with E-state index in [1.54, 1.807) is 31.2 Å². The van der Waals surface area contributed by atoms with Crippen molar-refractivity contribution in [2.45, 2.75) is 19.2 Å². The highest BCUT2D eigenvalue weighted by Gasteiger charge is 2.08. The third-order valence-corrected chi connectivity index (χ3v) is 2.12. The van der Waals surface area contributed by atoms with Crippen molar-refractivity contribution in [1.29, 1.82) is 0 Å². The molecule has 0 aliphatic heterocycles. The molecule has 1 aromatic rings. The van der Waals surface area contributed by atoms with Crippen LogP contribution in [-0.2, 0) is 4.79 Å². The van der Waals surface area contributed by atoms with Gasteiger partial charge in [-0.3, -0.25) is 9.59 Å². The van der Waals surface area contributed by atoms with Gasteiger partial charge in [0, 0.05) is 11.3 Å². The van der Waals surface area contributed by atoms with Crippen LogP contribution in [0.5, 0.6) is 0 Å². The number of carbonyl (C=O) groups excluding carboxylic acids is 2.